The number of carbonyl (C=O) groups is 3. The van der Waals surface area contributed by atoms with Crippen LogP contribution in [0.15, 0.2) is 29.6 Å². The third-order valence-electron chi connectivity index (χ3n) is 6.01. The zero-order valence-electron chi connectivity index (χ0n) is 18.8. The number of hydrogen-bond donors (Lipinski definition) is 2. The molecule has 1 heterocycles. The molecule has 2 aliphatic carbocycles. The van der Waals surface area contributed by atoms with E-state index in [1.54, 1.807) is 41.7 Å². The molecule has 0 spiro atoms. The second-order valence-electron chi connectivity index (χ2n) is 8.66. The van der Waals surface area contributed by atoms with Gasteiger partial charge in [0.05, 0.1) is 19.2 Å². The number of ether oxygens (including phenoxy) is 1. The molecular formula is C24H30N4O4S. The Bertz CT molecular complexity index is 981. The monoisotopic (exact) mass is 470 g/mol. The van der Waals surface area contributed by atoms with Gasteiger partial charge in [0.25, 0.3) is 5.91 Å². The van der Waals surface area contributed by atoms with E-state index in [-0.39, 0.29) is 42.8 Å². The quantitative estimate of drug-likeness (QED) is 0.585. The van der Waals surface area contributed by atoms with Crippen LogP contribution in [0.2, 0.25) is 0 Å². The molecule has 1 aromatic heterocycles. The number of benzene rings is 1. The first-order valence-corrected chi connectivity index (χ1v) is 12.4. The lowest BCUT2D eigenvalue weighted by atomic mass is 9.95. The average Bonchev–Trinajstić information content (AvgIpc) is 3.58. The minimum Gasteiger partial charge on any atom is -0.497 e. The lowest BCUT2D eigenvalue weighted by molar-refractivity contribution is -0.121. The fourth-order valence-corrected chi connectivity index (χ4v) is 4.83. The molecule has 2 aromatic rings. The zero-order valence-corrected chi connectivity index (χ0v) is 19.7. The number of amides is 3. The van der Waals surface area contributed by atoms with Crippen LogP contribution in [0.4, 0.5) is 5.13 Å². The number of nitrogens with zero attached hydrogens (tertiary/aromatic N) is 2. The van der Waals surface area contributed by atoms with Gasteiger partial charge < -0.3 is 20.3 Å². The maximum atomic E-state index is 13.0. The molecule has 176 valence electrons. The van der Waals surface area contributed by atoms with Gasteiger partial charge in [0.15, 0.2) is 5.13 Å². The molecule has 0 saturated heterocycles. The molecule has 0 aliphatic heterocycles. The Morgan fingerprint density at radius 1 is 1.06 bits per heavy atom. The Morgan fingerprint density at radius 3 is 2.45 bits per heavy atom. The van der Waals surface area contributed by atoms with Crippen molar-refractivity contribution in [2.75, 3.05) is 19.0 Å². The van der Waals surface area contributed by atoms with Crippen molar-refractivity contribution in [1.82, 2.24) is 15.2 Å². The van der Waals surface area contributed by atoms with Crippen LogP contribution in [0.3, 0.4) is 0 Å². The van der Waals surface area contributed by atoms with E-state index >= 15 is 0 Å². The van der Waals surface area contributed by atoms with Gasteiger partial charge in [-0.2, -0.15) is 0 Å². The molecule has 3 amide bonds. The van der Waals surface area contributed by atoms with E-state index in [1.807, 2.05) is 0 Å². The van der Waals surface area contributed by atoms with Crippen molar-refractivity contribution < 1.29 is 19.1 Å². The SMILES string of the molecule is COc1ccc(C(=O)N(CC(=O)Nc2nc(CC(=O)NC3CCCCC3)cs2)C2CC2)cc1. The largest absolute Gasteiger partial charge is 0.497 e. The lowest BCUT2D eigenvalue weighted by Gasteiger charge is -2.22. The van der Waals surface area contributed by atoms with Gasteiger partial charge in [-0.25, -0.2) is 4.98 Å². The van der Waals surface area contributed by atoms with Crippen molar-refractivity contribution in [1.29, 1.82) is 0 Å². The standard InChI is InChI=1S/C24H30N4O4S/c1-32-20-11-7-16(8-12-20)23(31)28(19-9-10-19)14-22(30)27-24-26-18(15-33-24)13-21(29)25-17-5-3-2-4-6-17/h7-8,11-12,15,17,19H,2-6,9-10,13-14H2,1H3,(H,25,29)(H,26,27,30). The number of aromatic nitrogens is 1. The number of anilines is 1. The van der Waals surface area contributed by atoms with Crippen LogP contribution in [0.5, 0.6) is 5.75 Å². The summed E-state index contributed by atoms with van der Waals surface area (Å²) in [5.41, 5.74) is 1.16. The van der Waals surface area contributed by atoms with Gasteiger partial charge in [-0.05, 0) is 49.9 Å². The van der Waals surface area contributed by atoms with Crippen molar-refractivity contribution >= 4 is 34.2 Å². The fourth-order valence-electron chi connectivity index (χ4n) is 4.10. The van der Waals surface area contributed by atoms with Crippen molar-refractivity contribution in [3.05, 3.63) is 40.9 Å². The Balaban J connectivity index is 1.29. The second kappa shape index (κ2) is 10.8. The van der Waals surface area contributed by atoms with Crippen LogP contribution >= 0.6 is 11.3 Å². The van der Waals surface area contributed by atoms with Crippen molar-refractivity contribution in [2.24, 2.45) is 0 Å². The predicted octanol–water partition coefficient (Wildman–Crippen LogP) is 3.39. The highest BCUT2D eigenvalue weighted by atomic mass is 32.1. The van der Waals surface area contributed by atoms with E-state index in [1.165, 1.54) is 17.8 Å². The minimum absolute atomic E-state index is 0.0323. The maximum Gasteiger partial charge on any atom is 0.254 e. The first-order valence-electron chi connectivity index (χ1n) is 11.5. The number of thiazole rings is 1. The second-order valence-corrected chi connectivity index (χ2v) is 9.52. The van der Waals surface area contributed by atoms with Gasteiger partial charge in [-0.15, -0.1) is 11.3 Å². The molecule has 2 aliphatic rings. The van der Waals surface area contributed by atoms with Gasteiger partial charge in [0.2, 0.25) is 11.8 Å². The van der Waals surface area contributed by atoms with Crippen LogP contribution in [0.1, 0.15) is 61.0 Å². The Hall–Kier alpha value is -2.94. The van der Waals surface area contributed by atoms with Crippen molar-refractivity contribution in [3.63, 3.8) is 0 Å². The summed E-state index contributed by atoms with van der Waals surface area (Å²) in [6, 6.07) is 7.24. The molecule has 0 radical (unpaired) electrons. The number of methoxy groups -OCH3 is 1. The maximum absolute atomic E-state index is 13.0. The highest BCUT2D eigenvalue weighted by Crippen LogP contribution is 2.29. The third-order valence-corrected chi connectivity index (χ3v) is 6.82. The van der Waals surface area contributed by atoms with Crippen molar-refractivity contribution in [2.45, 2.75) is 63.5 Å². The summed E-state index contributed by atoms with van der Waals surface area (Å²) in [7, 11) is 1.57. The van der Waals surface area contributed by atoms with E-state index in [0.29, 0.717) is 22.1 Å². The fraction of sp³-hybridized carbons (Fsp3) is 0.500. The molecule has 0 atom stereocenters. The van der Waals surface area contributed by atoms with Gasteiger partial charge in [-0.1, -0.05) is 19.3 Å². The first kappa shape index (κ1) is 23.2. The van der Waals surface area contributed by atoms with Crippen LogP contribution in [-0.4, -0.2) is 53.3 Å². The van der Waals surface area contributed by atoms with E-state index in [0.717, 1.165) is 38.5 Å². The van der Waals surface area contributed by atoms with Crippen LogP contribution in [0, 0.1) is 0 Å². The highest BCUT2D eigenvalue weighted by Gasteiger charge is 2.34. The third kappa shape index (κ3) is 6.54. The lowest BCUT2D eigenvalue weighted by Crippen LogP contribution is -2.39. The summed E-state index contributed by atoms with van der Waals surface area (Å²) in [5, 5.41) is 8.09. The topological polar surface area (TPSA) is 101 Å². The average molecular weight is 471 g/mol. The van der Waals surface area contributed by atoms with Crippen LogP contribution in [0.25, 0.3) is 0 Å². The molecule has 9 heteroatoms. The Morgan fingerprint density at radius 2 is 1.79 bits per heavy atom. The number of carbonyl (C=O) groups excluding carboxylic acids is 3. The highest BCUT2D eigenvalue weighted by molar-refractivity contribution is 7.13. The summed E-state index contributed by atoms with van der Waals surface area (Å²) in [5.74, 6) is 0.176. The molecule has 4 rings (SSSR count). The molecule has 2 fully saturated rings. The summed E-state index contributed by atoms with van der Waals surface area (Å²) in [4.78, 5) is 43.9. The van der Waals surface area contributed by atoms with Crippen molar-refractivity contribution in [3.8, 4) is 5.75 Å². The molecule has 1 aromatic carbocycles. The molecule has 2 N–H and O–H groups in total. The number of rotatable bonds is 9. The van der Waals surface area contributed by atoms with Gasteiger partial charge in [-0.3, -0.25) is 14.4 Å². The molecule has 33 heavy (non-hydrogen) atoms. The smallest absolute Gasteiger partial charge is 0.254 e. The minimum atomic E-state index is -0.295. The number of nitrogens with one attached hydrogen (secondary N) is 2. The molecule has 0 bridgehead atoms. The summed E-state index contributed by atoms with van der Waals surface area (Å²) in [6.07, 6.45) is 7.64. The first-order chi connectivity index (χ1) is 16.0. The number of hydrogen-bond acceptors (Lipinski definition) is 6. The van der Waals surface area contributed by atoms with E-state index in [2.05, 4.69) is 15.6 Å². The Labute approximate surface area is 197 Å². The summed E-state index contributed by atoms with van der Waals surface area (Å²) >= 11 is 1.29. The molecule has 8 nitrogen and oxygen atoms in total. The molecular weight excluding hydrogens is 440 g/mol. The normalized spacial score (nSPS) is 16.2. The van der Waals surface area contributed by atoms with Crippen LogP contribution < -0.4 is 15.4 Å². The van der Waals surface area contributed by atoms with Gasteiger partial charge in [0.1, 0.15) is 12.3 Å². The predicted molar refractivity (Wildman–Crippen MR) is 127 cm³/mol. The van der Waals surface area contributed by atoms with E-state index in [4.69, 9.17) is 4.74 Å². The van der Waals surface area contributed by atoms with Gasteiger partial charge >= 0.3 is 0 Å². The summed E-state index contributed by atoms with van der Waals surface area (Å²) in [6.45, 7) is -0.0351. The summed E-state index contributed by atoms with van der Waals surface area (Å²) < 4.78 is 5.14. The molecule has 2 saturated carbocycles. The zero-order chi connectivity index (χ0) is 23.2. The van der Waals surface area contributed by atoms with E-state index < -0.39 is 0 Å². The molecule has 0 unspecified atom stereocenters. The van der Waals surface area contributed by atoms with E-state index in [9.17, 15) is 14.4 Å². The Kier molecular flexibility index (Phi) is 7.59. The van der Waals surface area contributed by atoms with Gasteiger partial charge in [0, 0.05) is 23.0 Å². The van der Waals surface area contributed by atoms with Crippen LogP contribution in [-0.2, 0) is 16.0 Å².